The lowest BCUT2D eigenvalue weighted by Gasteiger charge is -2.40. The maximum absolute atomic E-state index is 12.7. The maximum atomic E-state index is 12.7. The molecule has 1 aromatic rings. The molecule has 0 aliphatic carbocycles. The summed E-state index contributed by atoms with van der Waals surface area (Å²) in [5.41, 5.74) is 0.428. The summed E-state index contributed by atoms with van der Waals surface area (Å²) in [4.78, 5) is 27.3. The Kier molecular flexibility index (Phi) is 9.10. The van der Waals surface area contributed by atoms with Gasteiger partial charge in [0.1, 0.15) is 5.60 Å². The third-order valence-corrected chi connectivity index (χ3v) is 10.9. The normalized spacial score (nSPS) is 18.5. The fourth-order valence-electron chi connectivity index (χ4n) is 4.20. The molecule has 0 saturated carbocycles. The zero-order valence-electron chi connectivity index (χ0n) is 20.7. The van der Waals surface area contributed by atoms with E-state index in [-0.39, 0.29) is 18.1 Å². The van der Waals surface area contributed by atoms with Crippen LogP contribution in [0.3, 0.4) is 0 Å². The summed E-state index contributed by atoms with van der Waals surface area (Å²) >= 11 is 0. The highest BCUT2D eigenvalue weighted by atomic mass is 28.4. The number of carbonyl (C=O) groups excluding carboxylic acids is 2. The fourth-order valence-corrected chi connectivity index (χ4v) is 7.13. The third kappa shape index (κ3) is 6.94. The van der Waals surface area contributed by atoms with Crippen LogP contribution in [0.1, 0.15) is 54.0 Å². The van der Waals surface area contributed by atoms with Crippen molar-refractivity contribution in [2.24, 2.45) is 0 Å². The Balaban J connectivity index is 2.32. The highest BCUT2D eigenvalue weighted by molar-refractivity contribution is 6.73. The standard InChI is InChI=1S/C25H40N2O4Si/c1-8-32(9-2,10-3)31-19(4)23(26-24(29)30-25(5,6)7)21-16-17-22(28)27(21)18-20-14-12-11-13-15-20/h11-17,19,21,23H,8-10,18H2,1-7H3,(H,26,29)/t19-,21-,23+/m1/s1. The van der Waals surface area contributed by atoms with Crippen molar-refractivity contribution in [2.75, 3.05) is 0 Å². The van der Waals surface area contributed by atoms with Crippen LogP contribution in [0.5, 0.6) is 0 Å². The van der Waals surface area contributed by atoms with Crippen molar-refractivity contribution in [3.05, 3.63) is 48.0 Å². The second kappa shape index (κ2) is 11.1. The highest BCUT2D eigenvalue weighted by Gasteiger charge is 2.41. The van der Waals surface area contributed by atoms with Gasteiger partial charge in [-0.15, -0.1) is 0 Å². The van der Waals surface area contributed by atoms with E-state index in [1.54, 1.807) is 11.0 Å². The minimum absolute atomic E-state index is 0.0629. The minimum Gasteiger partial charge on any atom is -0.444 e. The zero-order chi connectivity index (χ0) is 23.9. The smallest absolute Gasteiger partial charge is 0.408 e. The van der Waals surface area contributed by atoms with Gasteiger partial charge in [0.05, 0.1) is 18.2 Å². The Bertz CT molecular complexity index is 779. The fraction of sp³-hybridized carbons (Fsp3) is 0.600. The number of benzene rings is 1. The summed E-state index contributed by atoms with van der Waals surface area (Å²) in [6, 6.07) is 12.2. The summed E-state index contributed by atoms with van der Waals surface area (Å²) < 4.78 is 12.3. The van der Waals surface area contributed by atoms with Crippen LogP contribution < -0.4 is 5.32 Å². The molecule has 7 heteroatoms. The highest BCUT2D eigenvalue weighted by Crippen LogP contribution is 2.28. The molecule has 0 saturated heterocycles. The van der Waals surface area contributed by atoms with Crippen molar-refractivity contribution in [3.63, 3.8) is 0 Å². The van der Waals surface area contributed by atoms with E-state index in [0.717, 1.165) is 23.7 Å². The Hall–Kier alpha value is -2.12. The molecule has 1 aliphatic rings. The number of ether oxygens (including phenoxy) is 1. The van der Waals surface area contributed by atoms with Crippen LogP contribution in [-0.2, 0) is 20.5 Å². The van der Waals surface area contributed by atoms with Crippen LogP contribution in [-0.4, -0.2) is 49.0 Å². The van der Waals surface area contributed by atoms with Crippen LogP contribution in [0, 0.1) is 0 Å². The van der Waals surface area contributed by atoms with Crippen molar-refractivity contribution in [3.8, 4) is 0 Å². The van der Waals surface area contributed by atoms with Crippen molar-refractivity contribution in [2.45, 2.75) is 96.9 Å². The number of amides is 2. The lowest BCUT2D eigenvalue weighted by molar-refractivity contribution is -0.127. The van der Waals surface area contributed by atoms with Gasteiger partial charge in [0, 0.05) is 12.6 Å². The third-order valence-electron chi connectivity index (χ3n) is 6.20. The lowest BCUT2D eigenvalue weighted by Crippen LogP contribution is -2.58. The topological polar surface area (TPSA) is 67.9 Å². The quantitative estimate of drug-likeness (QED) is 0.484. The SMILES string of the molecule is CC[Si](CC)(CC)O[C@H](C)[C@H](NC(=O)OC(C)(C)C)[C@H]1C=CC(=O)N1Cc1ccccc1. The second-order valence-electron chi connectivity index (χ2n) is 9.54. The summed E-state index contributed by atoms with van der Waals surface area (Å²) in [5.74, 6) is -0.0629. The van der Waals surface area contributed by atoms with E-state index in [0.29, 0.717) is 6.54 Å². The van der Waals surface area contributed by atoms with E-state index in [4.69, 9.17) is 9.16 Å². The molecular weight excluding hydrogens is 420 g/mol. The minimum atomic E-state index is -1.92. The average molecular weight is 461 g/mol. The van der Waals surface area contributed by atoms with Crippen LogP contribution >= 0.6 is 0 Å². The Morgan fingerprint density at radius 3 is 2.25 bits per heavy atom. The van der Waals surface area contributed by atoms with E-state index in [1.165, 1.54) is 0 Å². The van der Waals surface area contributed by atoms with E-state index in [1.807, 2.05) is 64.1 Å². The Labute approximate surface area is 194 Å². The van der Waals surface area contributed by atoms with Gasteiger partial charge >= 0.3 is 6.09 Å². The molecule has 6 nitrogen and oxygen atoms in total. The summed E-state index contributed by atoms with van der Waals surface area (Å²) in [5, 5.41) is 3.04. The van der Waals surface area contributed by atoms with E-state index < -0.39 is 26.1 Å². The van der Waals surface area contributed by atoms with Crippen LogP contribution in [0.2, 0.25) is 18.1 Å². The molecule has 3 atom stereocenters. The largest absolute Gasteiger partial charge is 0.444 e. The van der Waals surface area contributed by atoms with E-state index in [9.17, 15) is 9.59 Å². The molecule has 2 amide bonds. The predicted octanol–water partition coefficient (Wildman–Crippen LogP) is 5.26. The molecular formula is C25H40N2O4Si. The van der Waals surface area contributed by atoms with Gasteiger partial charge in [-0.3, -0.25) is 4.79 Å². The number of nitrogens with one attached hydrogen (secondary N) is 1. The molecule has 1 N–H and O–H groups in total. The summed E-state index contributed by atoms with van der Waals surface area (Å²) in [7, 11) is -1.92. The molecule has 0 spiro atoms. The van der Waals surface area contributed by atoms with Gasteiger partial charge in [-0.05, 0) is 51.4 Å². The summed E-state index contributed by atoms with van der Waals surface area (Å²) in [6.45, 7) is 14.5. The molecule has 178 valence electrons. The van der Waals surface area contributed by atoms with Crippen molar-refractivity contribution in [1.82, 2.24) is 10.2 Å². The molecule has 0 unspecified atom stereocenters. The zero-order valence-corrected chi connectivity index (χ0v) is 21.7. The van der Waals surface area contributed by atoms with Crippen LogP contribution in [0.25, 0.3) is 0 Å². The lowest BCUT2D eigenvalue weighted by atomic mass is 10.0. The van der Waals surface area contributed by atoms with Gasteiger partial charge in [-0.25, -0.2) is 4.79 Å². The van der Waals surface area contributed by atoms with Gasteiger partial charge in [-0.2, -0.15) is 0 Å². The number of carbonyl (C=O) groups is 2. The maximum Gasteiger partial charge on any atom is 0.408 e. The Morgan fingerprint density at radius 2 is 1.72 bits per heavy atom. The number of hydrogen-bond acceptors (Lipinski definition) is 4. The van der Waals surface area contributed by atoms with Gasteiger partial charge in [0.2, 0.25) is 5.91 Å². The molecule has 2 rings (SSSR count). The van der Waals surface area contributed by atoms with Gasteiger partial charge in [0.15, 0.2) is 8.32 Å². The number of nitrogens with zero attached hydrogens (tertiary/aromatic N) is 1. The van der Waals surface area contributed by atoms with Crippen molar-refractivity contribution >= 4 is 20.3 Å². The Morgan fingerprint density at radius 1 is 1.12 bits per heavy atom. The number of alkyl carbamates (subject to hydrolysis) is 1. The first-order valence-corrected chi connectivity index (χ1v) is 14.3. The second-order valence-corrected chi connectivity index (χ2v) is 14.3. The number of hydrogen-bond donors (Lipinski definition) is 1. The van der Waals surface area contributed by atoms with Crippen molar-refractivity contribution in [1.29, 1.82) is 0 Å². The first-order chi connectivity index (χ1) is 15.0. The molecule has 0 radical (unpaired) electrons. The molecule has 32 heavy (non-hydrogen) atoms. The van der Waals surface area contributed by atoms with Gasteiger partial charge in [-0.1, -0.05) is 57.2 Å². The molecule has 0 fully saturated rings. The molecule has 0 aromatic heterocycles. The first-order valence-electron chi connectivity index (χ1n) is 11.7. The molecule has 1 aromatic carbocycles. The van der Waals surface area contributed by atoms with Gasteiger partial charge in [0.25, 0.3) is 0 Å². The monoisotopic (exact) mass is 460 g/mol. The number of rotatable bonds is 10. The van der Waals surface area contributed by atoms with E-state index >= 15 is 0 Å². The average Bonchev–Trinajstić information content (AvgIpc) is 3.09. The van der Waals surface area contributed by atoms with Gasteiger partial charge < -0.3 is 19.4 Å². The van der Waals surface area contributed by atoms with Crippen LogP contribution in [0.4, 0.5) is 4.79 Å². The van der Waals surface area contributed by atoms with Crippen molar-refractivity contribution < 1.29 is 18.8 Å². The summed E-state index contributed by atoms with van der Waals surface area (Å²) in [6.07, 6.45) is 2.70. The molecule has 0 bridgehead atoms. The molecule has 1 aliphatic heterocycles. The predicted molar refractivity (Wildman–Crippen MR) is 131 cm³/mol. The first kappa shape index (κ1) is 26.1. The van der Waals surface area contributed by atoms with Crippen LogP contribution in [0.15, 0.2) is 42.5 Å². The molecule has 1 heterocycles. The van der Waals surface area contributed by atoms with E-state index in [2.05, 4.69) is 26.1 Å².